The van der Waals surface area contributed by atoms with Crippen LogP contribution in [0, 0.1) is 5.41 Å². The number of carbonyl (C=O) groups excluding carboxylic acids is 2. The Morgan fingerprint density at radius 1 is 1.15 bits per heavy atom. The Bertz CT molecular complexity index is 1480. The number of amides is 1. The lowest BCUT2D eigenvalue weighted by Gasteiger charge is -2.42. The lowest BCUT2D eigenvalue weighted by molar-refractivity contribution is -0.320. The van der Waals surface area contributed by atoms with Crippen LogP contribution in [0.5, 0.6) is 11.5 Å². The van der Waals surface area contributed by atoms with E-state index < -0.39 is 23.3 Å². The third-order valence-electron chi connectivity index (χ3n) is 6.58. The second-order valence-corrected chi connectivity index (χ2v) is 9.54. The van der Waals surface area contributed by atoms with Crippen LogP contribution < -0.4 is 26.0 Å². The van der Waals surface area contributed by atoms with E-state index in [4.69, 9.17) is 20.9 Å². The quantitative estimate of drug-likeness (QED) is 0.414. The van der Waals surface area contributed by atoms with Crippen molar-refractivity contribution in [3.05, 3.63) is 76.5 Å². The predicted octanol–water partition coefficient (Wildman–Crippen LogP) is 1.96. The van der Waals surface area contributed by atoms with Crippen molar-refractivity contribution < 1.29 is 24.2 Å². The van der Waals surface area contributed by atoms with Gasteiger partial charge in [-0.1, -0.05) is 38.1 Å². The molecule has 1 aliphatic rings. The van der Waals surface area contributed by atoms with Crippen LogP contribution in [0.2, 0.25) is 0 Å². The number of anilines is 2. The molecule has 3 aromatic rings. The molecule has 2 aromatic carbocycles. The van der Waals surface area contributed by atoms with Crippen LogP contribution in [0.3, 0.4) is 0 Å². The first-order valence-corrected chi connectivity index (χ1v) is 12.0. The van der Waals surface area contributed by atoms with Gasteiger partial charge in [-0.3, -0.25) is 4.79 Å². The van der Waals surface area contributed by atoms with Gasteiger partial charge in [0, 0.05) is 41.2 Å². The summed E-state index contributed by atoms with van der Waals surface area (Å²) in [4.78, 5) is 33.6. The maximum absolute atomic E-state index is 13.5. The molecule has 1 aliphatic heterocycles. The van der Waals surface area contributed by atoms with Crippen LogP contribution in [0.15, 0.2) is 53.8 Å². The number of nitrogen functional groups attached to an aromatic ring is 2. The first-order valence-electron chi connectivity index (χ1n) is 12.0. The first-order chi connectivity index (χ1) is 18.6. The molecule has 0 saturated heterocycles. The van der Waals surface area contributed by atoms with E-state index in [1.807, 2.05) is 18.2 Å². The number of rotatable bonds is 8. The number of carboxylic acid groups (broad SMARTS) is 1. The molecule has 4 rings (SSSR count). The number of methoxy groups -OCH3 is 2. The lowest BCUT2D eigenvalue weighted by Crippen LogP contribution is -2.49. The Balaban J connectivity index is 1.70. The number of hydrogen-bond donors (Lipinski definition) is 2. The Hall–Kier alpha value is -4.93. The molecule has 0 radical (unpaired) electrons. The van der Waals surface area contributed by atoms with Crippen molar-refractivity contribution in [1.82, 2.24) is 15.0 Å². The van der Waals surface area contributed by atoms with Crippen LogP contribution >= 0.6 is 0 Å². The maximum atomic E-state index is 13.5. The van der Waals surface area contributed by atoms with E-state index in [-0.39, 0.29) is 11.8 Å². The number of hydrogen-bond acceptors (Lipinski definition) is 10. The number of carbonyl (C=O) groups is 2. The summed E-state index contributed by atoms with van der Waals surface area (Å²) < 4.78 is 11.1. The van der Waals surface area contributed by atoms with Gasteiger partial charge in [-0.2, -0.15) is 10.1 Å². The normalized spacial score (nSPS) is 14.8. The van der Waals surface area contributed by atoms with Crippen LogP contribution in [-0.4, -0.2) is 47.3 Å². The zero-order chi connectivity index (χ0) is 28.3. The molecule has 0 spiro atoms. The zero-order valence-corrected chi connectivity index (χ0v) is 22.0. The summed E-state index contributed by atoms with van der Waals surface area (Å²) >= 11 is 0. The summed E-state index contributed by atoms with van der Waals surface area (Å²) in [6.07, 6.45) is 6.34. The Labute approximate surface area is 225 Å². The van der Waals surface area contributed by atoms with E-state index in [1.165, 1.54) is 40.4 Å². The number of aromatic nitrogens is 2. The van der Waals surface area contributed by atoms with Gasteiger partial charge in [0.15, 0.2) is 11.5 Å². The number of nitrogens with zero attached hydrogens (tertiary/aromatic N) is 4. The first kappa shape index (κ1) is 27.1. The molecule has 0 saturated carbocycles. The largest absolute Gasteiger partial charge is 0.549 e. The van der Waals surface area contributed by atoms with Gasteiger partial charge >= 0.3 is 0 Å². The molecule has 1 aromatic heterocycles. The molecule has 1 amide bonds. The topological polar surface area (TPSA) is 169 Å². The molecule has 0 bridgehead atoms. The van der Waals surface area contributed by atoms with E-state index in [1.54, 1.807) is 30.5 Å². The average Bonchev–Trinajstić information content (AvgIpc) is 2.92. The second-order valence-electron chi connectivity index (χ2n) is 9.54. The predicted molar refractivity (Wildman–Crippen MR) is 145 cm³/mol. The van der Waals surface area contributed by atoms with Gasteiger partial charge in [0.1, 0.15) is 5.82 Å². The van der Waals surface area contributed by atoms with E-state index >= 15 is 0 Å². The van der Waals surface area contributed by atoms with Gasteiger partial charge in [0.2, 0.25) is 5.95 Å². The fourth-order valence-corrected chi connectivity index (χ4v) is 4.50. The van der Waals surface area contributed by atoms with E-state index in [2.05, 4.69) is 15.1 Å². The molecule has 11 nitrogen and oxygen atoms in total. The smallest absolute Gasteiger partial charge is 0.267 e. The summed E-state index contributed by atoms with van der Waals surface area (Å²) in [5, 5.41) is 17.6. The van der Waals surface area contributed by atoms with Crippen LogP contribution in [-0.2, 0) is 16.0 Å². The fourth-order valence-electron chi connectivity index (χ4n) is 4.50. The Morgan fingerprint density at radius 2 is 1.90 bits per heavy atom. The molecule has 0 aliphatic carbocycles. The average molecular weight is 530 g/mol. The van der Waals surface area contributed by atoms with Crippen molar-refractivity contribution in [2.75, 3.05) is 25.7 Å². The van der Waals surface area contributed by atoms with Gasteiger partial charge in [0.05, 0.1) is 26.5 Å². The highest BCUT2D eigenvalue weighted by atomic mass is 16.5. The maximum Gasteiger partial charge on any atom is 0.267 e. The Morgan fingerprint density at radius 3 is 2.56 bits per heavy atom. The van der Waals surface area contributed by atoms with Crippen molar-refractivity contribution in [3.8, 4) is 11.5 Å². The summed E-state index contributed by atoms with van der Waals surface area (Å²) in [6.45, 7) is 3.02. The van der Waals surface area contributed by atoms with Gasteiger partial charge in [-0.05, 0) is 34.9 Å². The zero-order valence-electron chi connectivity index (χ0n) is 22.0. The molecule has 39 heavy (non-hydrogen) atoms. The summed E-state index contributed by atoms with van der Waals surface area (Å²) in [5.41, 5.74) is 13.6. The third kappa shape index (κ3) is 5.37. The highest BCUT2D eigenvalue weighted by Crippen LogP contribution is 2.42. The van der Waals surface area contributed by atoms with Crippen molar-refractivity contribution in [1.29, 1.82) is 0 Å². The molecular weight excluding hydrogens is 500 g/mol. The molecular formula is C28H29N6O5-. The van der Waals surface area contributed by atoms with E-state index in [9.17, 15) is 14.7 Å². The number of hydrazone groups is 1. The fraction of sp³-hybridized carbons (Fsp3) is 0.250. The Kier molecular flexibility index (Phi) is 7.52. The SMILES string of the molecule is COc1cc(Cc2cnc(N)nc2N)cc(/C=C/C(=O)N2N=Cc3ccccc3C2C(C)(C)C(=O)[O-])c1OC. The molecule has 4 N–H and O–H groups in total. The highest BCUT2D eigenvalue weighted by Gasteiger charge is 2.41. The summed E-state index contributed by atoms with van der Waals surface area (Å²) in [7, 11) is 3.00. The summed E-state index contributed by atoms with van der Waals surface area (Å²) in [5.74, 6) is -0.638. The van der Waals surface area contributed by atoms with Crippen molar-refractivity contribution in [3.63, 3.8) is 0 Å². The number of ether oxygens (including phenoxy) is 2. The number of aliphatic carboxylic acids is 1. The van der Waals surface area contributed by atoms with E-state index in [0.29, 0.717) is 34.6 Å². The van der Waals surface area contributed by atoms with Gasteiger partial charge in [-0.15, -0.1) is 0 Å². The number of carboxylic acids is 1. The third-order valence-corrected chi connectivity index (χ3v) is 6.58. The second kappa shape index (κ2) is 10.8. The molecule has 1 atom stereocenters. The molecule has 202 valence electrons. The minimum Gasteiger partial charge on any atom is -0.549 e. The molecule has 0 fully saturated rings. The molecule has 1 unspecified atom stereocenters. The van der Waals surface area contributed by atoms with Gasteiger partial charge in [0.25, 0.3) is 5.91 Å². The number of nitrogens with two attached hydrogens (primary N) is 2. The minimum atomic E-state index is -1.43. The van der Waals surface area contributed by atoms with Crippen molar-refractivity contribution in [2.24, 2.45) is 10.5 Å². The van der Waals surface area contributed by atoms with E-state index in [0.717, 1.165) is 16.1 Å². The standard InChI is InChI=1S/C28H30N6O5/c1-28(2,26(36)37)24-20-8-6-5-7-18(20)15-32-34(24)22(35)10-9-17-11-16(13-21(38-3)23(17)39-4)12-19-14-31-27(30)33-25(19)29/h5-11,13-15,24H,12H2,1-4H3,(H,36,37)(H4,29,30,31,33)/p-1/b10-9+. The number of fused-ring (bicyclic) bond motifs is 1. The van der Waals surface area contributed by atoms with Crippen LogP contribution in [0.4, 0.5) is 11.8 Å². The molecule has 2 heterocycles. The summed E-state index contributed by atoms with van der Waals surface area (Å²) in [6, 6.07) is 9.92. The van der Waals surface area contributed by atoms with Gasteiger partial charge < -0.3 is 30.8 Å². The van der Waals surface area contributed by atoms with Crippen molar-refractivity contribution in [2.45, 2.75) is 26.3 Å². The number of benzene rings is 2. The lowest BCUT2D eigenvalue weighted by atomic mass is 9.78. The highest BCUT2D eigenvalue weighted by molar-refractivity contribution is 5.95. The minimum absolute atomic E-state index is 0.0776. The monoisotopic (exact) mass is 529 g/mol. The molecule has 11 heteroatoms. The van der Waals surface area contributed by atoms with Gasteiger partial charge in [-0.25, -0.2) is 9.99 Å². The van der Waals surface area contributed by atoms with Crippen LogP contribution in [0.25, 0.3) is 6.08 Å². The van der Waals surface area contributed by atoms with Crippen LogP contribution in [0.1, 0.15) is 47.7 Å². The van der Waals surface area contributed by atoms with Crippen molar-refractivity contribution >= 4 is 35.9 Å².